The maximum atomic E-state index is 8.22. The standard InChI is InChI=1S/C21H17N2O/c1-13-5-9-18(23(4)12-13)20-14(2)6-8-16-17-11-15(22-3)7-10-19(17)24-21(16)20/h5-12H,1-2,4H3/q+1/i1D3,5D. The third-order valence-corrected chi connectivity index (χ3v) is 4.28. The van der Waals surface area contributed by atoms with Crippen LogP contribution in [0.2, 0.25) is 0 Å². The summed E-state index contributed by atoms with van der Waals surface area (Å²) in [6, 6.07) is 10.8. The minimum atomic E-state index is -2.34. The molecule has 2 aromatic carbocycles. The lowest BCUT2D eigenvalue weighted by Crippen LogP contribution is -2.31. The van der Waals surface area contributed by atoms with E-state index in [2.05, 4.69) is 4.85 Å². The third-order valence-electron chi connectivity index (χ3n) is 4.28. The molecule has 4 rings (SSSR count). The molecule has 2 heterocycles. The maximum absolute atomic E-state index is 8.22. The zero-order valence-electron chi connectivity index (χ0n) is 17.3. The van der Waals surface area contributed by atoms with Crippen LogP contribution in [0, 0.1) is 20.3 Å². The number of furan rings is 1. The number of hydrogen-bond acceptors (Lipinski definition) is 1. The second-order valence-electron chi connectivity index (χ2n) is 5.86. The zero-order chi connectivity index (χ0) is 20.2. The Morgan fingerprint density at radius 3 is 2.88 bits per heavy atom. The van der Waals surface area contributed by atoms with E-state index in [0.717, 1.165) is 21.9 Å². The Hall–Kier alpha value is -3.12. The van der Waals surface area contributed by atoms with Gasteiger partial charge in [-0.25, -0.2) is 9.41 Å². The Kier molecular flexibility index (Phi) is 2.30. The first-order valence-electron chi connectivity index (χ1n) is 9.55. The molecule has 0 fully saturated rings. The summed E-state index contributed by atoms with van der Waals surface area (Å²) in [4.78, 5) is 3.49. The van der Waals surface area contributed by atoms with E-state index in [1.165, 1.54) is 6.20 Å². The highest BCUT2D eigenvalue weighted by molar-refractivity contribution is 6.10. The smallest absolute Gasteiger partial charge is 0.216 e. The molecule has 0 saturated carbocycles. The maximum Gasteiger partial charge on any atom is 0.216 e. The molecule has 4 aromatic rings. The Morgan fingerprint density at radius 1 is 1.21 bits per heavy atom. The van der Waals surface area contributed by atoms with Crippen molar-refractivity contribution in [2.24, 2.45) is 7.05 Å². The molecule has 0 N–H and O–H groups in total. The zero-order valence-corrected chi connectivity index (χ0v) is 13.3. The molecule has 2 aromatic heterocycles. The average Bonchev–Trinajstić information content (AvgIpc) is 3.00. The summed E-state index contributed by atoms with van der Waals surface area (Å²) >= 11 is 0. The number of hydrogen-bond donors (Lipinski definition) is 0. The second kappa shape index (κ2) is 5.21. The predicted molar refractivity (Wildman–Crippen MR) is 96.1 cm³/mol. The van der Waals surface area contributed by atoms with Crippen molar-refractivity contribution in [1.29, 1.82) is 0 Å². The van der Waals surface area contributed by atoms with Crippen LogP contribution in [-0.2, 0) is 7.05 Å². The number of benzene rings is 2. The highest BCUT2D eigenvalue weighted by Gasteiger charge is 2.20. The number of fused-ring (bicyclic) bond motifs is 3. The number of nitrogens with zero attached hydrogens (tertiary/aromatic N) is 2. The molecule has 3 nitrogen and oxygen atoms in total. The van der Waals surface area contributed by atoms with E-state index >= 15 is 0 Å². The van der Waals surface area contributed by atoms with Crippen LogP contribution < -0.4 is 4.57 Å². The van der Waals surface area contributed by atoms with Crippen molar-refractivity contribution in [1.82, 2.24) is 0 Å². The number of aryl methyl sites for hydroxylation is 3. The molecular weight excluding hydrogens is 296 g/mol. The summed E-state index contributed by atoms with van der Waals surface area (Å²) in [6.07, 6.45) is 1.49. The van der Waals surface area contributed by atoms with Crippen molar-refractivity contribution in [3.05, 3.63) is 71.2 Å². The summed E-state index contributed by atoms with van der Waals surface area (Å²) in [5.41, 5.74) is 4.36. The molecule has 3 heteroatoms. The van der Waals surface area contributed by atoms with Gasteiger partial charge in [-0.15, -0.1) is 0 Å². The number of rotatable bonds is 1. The number of pyridine rings is 1. The average molecular weight is 317 g/mol. The van der Waals surface area contributed by atoms with Crippen molar-refractivity contribution < 1.29 is 14.5 Å². The molecule has 0 saturated heterocycles. The van der Waals surface area contributed by atoms with Gasteiger partial charge >= 0.3 is 0 Å². The van der Waals surface area contributed by atoms with Gasteiger partial charge in [-0.1, -0.05) is 18.2 Å². The fourth-order valence-corrected chi connectivity index (χ4v) is 3.11. The van der Waals surface area contributed by atoms with Crippen molar-refractivity contribution >= 4 is 27.6 Å². The lowest BCUT2D eigenvalue weighted by Gasteiger charge is -2.05. The van der Waals surface area contributed by atoms with Crippen LogP contribution >= 0.6 is 0 Å². The highest BCUT2D eigenvalue weighted by atomic mass is 16.3. The molecule has 0 unspecified atom stereocenters. The van der Waals surface area contributed by atoms with Gasteiger partial charge in [0.05, 0.1) is 13.5 Å². The summed E-state index contributed by atoms with van der Waals surface area (Å²) in [6.45, 7) is 6.85. The topological polar surface area (TPSA) is 21.4 Å². The quantitative estimate of drug-likeness (QED) is 0.347. The van der Waals surface area contributed by atoms with Gasteiger partial charge in [0.25, 0.3) is 0 Å². The van der Waals surface area contributed by atoms with Crippen molar-refractivity contribution in [2.75, 3.05) is 0 Å². The Bertz CT molecular complexity index is 1300. The Morgan fingerprint density at radius 2 is 2.08 bits per heavy atom. The van der Waals surface area contributed by atoms with Crippen LogP contribution in [0.1, 0.15) is 16.6 Å². The largest absolute Gasteiger partial charge is 0.455 e. The van der Waals surface area contributed by atoms with Gasteiger partial charge in [0.1, 0.15) is 18.2 Å². The lowest BCUT2D eigenvalue weighted by molar-refractivity contribution is -0.660. The van der Waals surface area contributed by atoms with Gasteiger partial charge in [0.2, 0.25) is 5.69 Å². The van der Waals surface area contributed by atoms with Crippen LogP contribution in [-0.4, -0.2) is 0 Å². The first kappa shape index (κ1) is 10.6. The molecule has 0 spiro atoms. The van der Waals surface area contributed by atoms with Gasteiger partial charge in [-0.05, 0) is 37.5 Å². The van der Waals surface area contributed by atoms with Gasteiger partial charge < -0.3 is 4.42 Å². The first-order valence-corrected chi connectivity index (χ1v) is 7.55. The summed E-state index contributed by atoms with van der Waals surface area (Å²) in [7, 11) is 1.77. The molecule has 0 aliphatic carbocycles. The SMILES string of the molecule is [2H]c1cc(-c2c(C)ccc3c2oc2ccc([N+]#[C-])cc23)[n+](C)cc1C([2H])([2H])[2H]. The van der Waals surface area contributed by atoms with Gasteiger partial charge in [-0.2, -0.15) is 0 Å². The predicted octanol–water partition coefficient (Wildman–Crippen LogP) is 5.25. The molecule has 0 aliphatic rings. The minimum Gasteiger partial charge on any atom is -0.455 e. The van der Waals surface area contributed by atoms with Gasteiger partial charge in [0, 0.05) is 26.5 Å². The Labute approximate surface area is 146 Å². The molecule has 0 bridgehead atoms. The summed E-state index contributed by atoms with van der Waals surface area (Å²) in [5.74, 6) is 0. The molecule has 0 aliphatic heterocycles. The van der Waals surface area contributed by atoms with E-state index in [-0.39, 0.29) is 11.6 Å². The van der Waals surface area contributed by atoms with E-state index in [1.807, 2.05) is 19.1 Å². The van der Waals surface area contributed by atoms with E-state index in [1.54, 1.807) is 35.9 Å². The van der Waals surface area contributed by atoms with Crippen molar-refractivity contribution in [2.45, 2.75) is 13.8 Å². The summed E-state index contributed by atoms with van der Waals surface area (Å²) in [5, 5.41) is 1.74. The summed E-state index contributed by atoms with van der Waals surface area (Å²) < 4.78 is 38.9. The fraction of sp³-hybridized carbons (Fsp3) is 0.143. The van der Waals surface area contributed by atoms with E-state index in [0.29, 0.717) is 22.5 Å². The highest BCUT2D eigenvalue weighted by Crippen LogP contribution is 2.38. The van der Waals surface area contributed by atoms with Crippen LogP contribution in [0.25, 0.3) is 38.0 Å². The van der Waals surface area contributed by atoms with Crippen LogP contribution in [0.15, 0.2) is 53.1 Å². The van der Waals surface area contributed by atoms with Crippen molar-refractivity contribution in [3.8, 4) is 11.3 Å². The normalized spacial score (nSPS) is 14.0. The molecule has 0 amide bonds. The molecular formula is C21H17N2O+. The monoisotopic (exact) mass is 317 g/mol. The Balaban J connectivity index is 2.06. The third kappa shape index (κ3) is 2.08. The molecule has 0 atom stereocenters. The molecule has 0 radical (unpaired) electrons. The number of aromatic nitrogens is 1. The lowest BCUT2D eigenvalue weighted by atomic mass is 10.0. The van der Waals surface area contributed by atoms with E-state index in [4.69, 9.17) is 16.5 Å². The second-order valence-corrected chi connectivity index (χ2v) is 5.86. The van der Waals surface area contributed by atoms with Gasteiger partial charge in [-0.3, -0.25) is 0 Å². The fourth-order valence-electron chi connectivity index (χ4n) is 3.11. The van der Waals surface area contributed by atoms with Crippen molar-refractivity contribution in [3.63, 3.8) is 0 Å². The van der Waals surface area contributed by atoms with Crippen LogP contribution in [0.5, 0.6) is 0 Å². The van der Waals surface area contributed by atoms with Crippen LogP contribution in [0.4, 0.5) is 5.69 Å². The minimum absolute atomic E-state index is 0.00915. The van der Waals surface area contributed by atoms with Gasteiger partial charge in [0.15, 0.2) is 11.9 Å². The molecule has 24 heavy (non-hydrogen) atoms. The van der Waals surface area contributed by atoms with E-state index < -0.39 is 6.85 Å². The molecule has 116 valence electrons. The van der Waals surface area contributed by atoms with E-state index in [9.17, 15) is 0 Å². The first-order chi connectivity index (χ1) is 13.2. The van der Waals surface area contributed by atoms with Crippen LogP contribution in [0.3, 0.4) is 0 Å².